The zero-order valence-electron chi connectivity index (χ0n) is 42.2. The van der Waals surface area contributed by atoms with Gasteiger partial charge in [-0.05, 0) is 44.9 Å². The van der Waals surface area contributed by atoms with E-state index in [-0.39, 0.29) is 32.5 Å². The highest BCUT2D eigenvalue weighted by molar-refractivity contribution is 7.47. The number of phosphoric ester groups is 1. The lowest BCUT2D eigenvalue weighted by atomic mass is 10.0. The molecule has 0 aliphatic carbocycles. The van der Waals surface area contributed by atoms with E-state index in [1.807, 2.05) is 0 Å². The number of aliphatic hydroxyl groups excluding tert-OH is 1. The van der Waals surface area contributed by atoms with Gasteiger partial charge in [0, 0.05) is 19.3 Å². The van der Waals surface area contributed by atoms with E-state index in [0.29, 0.717) is 19.3 Å². The monoisotopic (exact) mass is 945 g/mol. The van der Waals surface area contributed by atoms with Gasteiger partial charge in [0.15, 0.2) is 6.10 Å². The van der Waals surface area contributed by atoms with Gasteiger partial charge < -0.3 is 24.2 Å². The fourth-order valence-electron chi connectivity index (χ4n) is 7.71. The number of phosphoric acid groups is 1. The molecule has 0 aromatic rings. The first-order valence-electron chi connectivity index (χ1n) is 27.1. The number of rotatable bonds is 51. The molecule has 384 valence electrons. The molecule has 0 amide bonds. The minimum Gasteiger partial charge on any atom is -0.463 e. The van der Waals surface area contributed by atoms with Crippen LogP contribution in [0.3, 0.4) is 0 Å². The van der Waals surface area contributed by atoms with E-state index < -0.39 is 51.2 Å². The highest BCUT2D eigenvalue weighted by atomic mass is 31.2. The van der Waals surface area contributed by atoms with Crippen LogP contribution in [0.4, 0.5) is 0 Å². The van der Waals surface area contributed by atoms with Crippen LogP contribution in [0, 0.1) is 0 Å². The van der Waals surface area contributed by atoms with Gasteiger partial charge in [0.1, 0.15) is 19.3 Å². The third kappa shape index (κ3) is 48.5. The maximum Gasteiger partial charge on any atom is 0.472 e. The van der Waals surface area contributed by atoms with Crippen LogP contribution in [0.2, 0.25) is 0 Å². The molecule has 1 unspecified atom stereocenters. The summed E-state index contributed by atoms with van der Waals surface area (Å²) in [6, 6.07) is 0. The van der Waals surface area contributed by atoms with Gasteiger partial charge in [0.2, 0.25) is 0 Å². The minimum absolute atomic E-state index is 0.175. The summed E-state index contributed by atoms with van der Waals surface area (Å²) < 4.78 is 38.9. The predicted molar refractivity (Wildman–Crippen MR) is 266 cm³/mol. The van der Waals surface area contributed by atoms with Crippen molar-refractivity contribution >= 4 is 25.7 Å². The van der Waals surface area contributed by atoms with Gasteiger partial charge in [-0.15, -0.1) is 0 Å². The number of esters is 3. The molecule has 0 aromatic heterocycles. The first-order valence-corrected chi connectivity index (χ1v) is 28.6. The van der Waals surface area contributed by atoms with Crippen LogP contribution >= 0.6 is 7.82 Å². The van der Waals surface area contributed by atoms with E-state index in [1.165, 1.54) is 135 Å². The van der Waals surface area contributed by atoms with Crippen LogP contribution < -0.4 is 0 Å². The molecule has 12 heteroatoms. The molecular formula is C53H101O11P. The molecule has 0 fully saturated rings. The molecular weight excluding hydrogens is 844 g/mol. The minimum atomic E-state index is -4.71. The lowest BCUT2D eigenvalue weighted by molar-refractivity contribution is -0.161. The summed E-state index contributed by atoms with van der Waals surface area (Å²) in [4.78, 5) is 47.9. The summed E-state index contributed by atoms with van der Waals surface area (Å²) in [6.45, 7) is 4.81. The molecule has 0 radical (unpaired) electrons. The lowest BCUT2D eigenvalue weighted by Gasteiger charge is -2.20. The summed E-state index contributed by atoms with van der Waals surface area (Å²) >= 11 is 0. The van der Waals surface area contributed by atoms with E-state index in [4.69, 9.17) is 23.3 Å². The van der Waals surface area contributed by atoms with Crippen LogP contribution in [0.15, 0.2) is 12.2 Å². The molecule has 0 saturated carbocycles. The van der Waals surface area contributed by atoms with Crippen molar-refractivity contribution in [1.29, 1.82) is 0 Å². The summed E-state index contributed by atoms with van der Waals surface area (Å²) in [5.41, 5.74) is 0. The molecule has 0 aliphatic heterocycles. The number of hydrogen-bond donors (Lipinski definition) is 2. The Balaban J connectivity index is 4.57. The molecule has 0 rings (SSSR count). The topological polar surface area (TPSA) is 155 Å². The van der Waals surface area contributed by atoms with Crippen LogP contribution in [0.5, 0.6) is 0 Å². The molecule has 65 heavy (non-hydrogen) atoms. The Bertz CT molecular complexity index is 1150. The molecule has 0 spiro atoms. The Labute approximate surface area is 398 Å². The standard InChI is InChI=1S/C53H101O11P/c1-4-7-10-13-16-19-22-25-28-30-33-36-39-42-51(55)60-45-49(54)46-62-65(58,59)63-48-50(64-53(57)44-41-38-35-32-27-24-21-18-15-12-9-6-3)47-61-52(56)43-40-37-34-31-29-26-23-20-17-14-11-8-5-2/h20,23,49-50,54H,4-19,21-22,24-48H2,1-3H3,(H,58,59)/b23-20-/t49-,50+/m0/s1. The van der Waals surface area contributed by atoms with Gasteiger partial charge in [-0.3, -0.25) is 23.4 Å². The van der Waals surface area contributed by atoms with Crippen molar-refractivity contribution in [2.45, 2.75) is 283 Å². The summed E-state index contributed by atoms with van der Waals surface area (Å²) in [5, 5.41) is 10.3. The predicted octanol–water partition coefficient (Wildman–Crippen LogP) is 15.3. The first-order chi connectivity index (χ1) is 31.6. The molecule has 0 aromatic carbocycles. The van der Waals surface area contributed by atoms with E-state index in [1.54, 1.807) is 0 Å². The summed E-state index contributed by atoms with van der Waals surface area (Å²) in [6.07, 6.45) is 44.6. The Morgan fingerprint density at radius 2 is 0.723 bits per heavy atom. The number of unbranched alkanes of at least 4 members (excludes halogenated alkanes) is 32. The molecule has 0 bridgehead atoms. The number of aliphatic hydroxyl groups is 1. The maximum atomic E-state index is 12.8. The van der Waals surface area contributed by atoms with Crippen molar-refractivity contribution in [2.24, 2.45) is 0 Å². The fraction of sp³-hybridized carbons (Fsp3) is 0.906. The molecule has 2 N–H and O–H groups in total. The number of hydrogen-bond acceptors (Lipinski definition) is 10. The van der Waals surface area contributed by atoms with Crippen LogP contribution in [-0.2, 0) is 42.2 Å². The zero-order valence-corrected chi connectivity index (χ0v) is 43.1. The van der Waals surface area contributed by atoms with E-state index in [2.05, 4.69) is 32.9 Å². The van der Waals surface area contributed by atoms with E-state index in [9.17, 15) is 28.9 Å². The Hall–Kier alpha value is -1.78. The SMILES string of the molecule is CCCCCC/C=C\CCCCCCCC(=O)OC[C@H](COP(=O)(O)OC[C@@H](O)COC(=O)CCCCCCCCCCCCCCC)OC(=O)CCCCCCCCCCCCCC. The van der Waals surface area contributed by atoms with Crippen LogP contribution in [-0.4, -0.2) is 66.5 Å². The first kappa shape index (κ1) is 63.2. The molecule has 11 nitrogen and oxygen atoms in total. The largest absolute Gasteiger partial charge is 0.472 e. The summed E-state index contributed by atoms with van der Waals surface area (Å²) in [5.74, 6) is -1.38. The third-order valence-electron chi connectivity index (χ3n) is 11.9. The Morgan fingerprint density at radius 3 is 1.12 bits per heavy atom. The second-order valence-corrected chi connectivity index (χ2v) is 19.9. The van der Waals surface area contributed by atoms with Gasteiger partial charge in [0.05, 0.1) is 13.2 Å². The van der Waals surface area contributed by atoms with Crippen LogP contribution in [0.25, 0.3) is 0 Å². The molecule has 0 heterocycles. The zero-order chi connectivity index (χ0) is 47.7. The Kier molecular flexibility index (Phi) is 47.3. The lowest BCUT2D eigenvalue weighted by Crippen LogP contribution is -2.30. The number of ether oxygens (including phenoxy) is 3. The average Bonchev–Trinajstić information content (AvgIpc) is 3.29. The summed E-state index contributed by atoms with van der Waals surface area (Å²) in [7, 11) is -4.71. The van der Waals surface area contributed by atoms with Gasteiger partial charge in [-0.25, -0.2) is 4.57 Å². The van der Waals surface area contributed by atoms with Crippen molar-refractivity contribution < 1.29 is 52.2 Å². The van der Waals surface area contributed by atoms with Crippen molar-refractivity contribution in [3.8, 4) is 0 Å². The van der Waals surface area contributed by atoms with Gasteiger partial charge in [-0.1, -0.05) is 219 Å². The van der Waals surface area contributed by atoms with Crippen molar-refractivity contribution in [3.05, 3.63) is 12.2 Å². The number of carbonyl (C=O) groups is 3. The number of carbonyl (C=O) groups excluding carboxylic acids is 3. The second-order valence-electron chi connectivity index (χ2n) is 18.5. The average molecular weight is 945 g/mol. The quantitative estimate of drug-likeness (QED) is 0.0197. The maximum absolute atomic E-state index is 12.8. The van der Waals surface area contributed by atoms with E-state index >= 15 is 0 Å². The van der Waals surface area contributed by atoms with Crippen molar-refractivity contribution in [2.75, 3.05) is 26.4 Å². The normalized spacial score (nSPS) is 13.5. The van der Waals surface area contributed by atoms with Crippen molar-refractivity contribution in [1.82, 2.24) is 0 Å². The van der Waals surface area contributed by atoms with Gasteiger partial charge >= 0.3 is 25.7 Å². The number of allylic oxidation sites excluding steroid dienone is 2. The fourth-order valence-corrected chi connectivity index (χ4v) is 8.50. The molecule has 3 atom stereocenters. The van der Waals surface area contributed by atoms with Crippen LogP contribution in [0.1, 0.15) is 271 Å². The Morgan fingerprint density at radius 1 is 0.415 bits per heavy atom. The molecule has 0 aliphatic rings. The van der Waals surface area contributed by atoms with E-state index in [0.717, 1.165) is 77.0 Å². The smallest absolute Gasteiger partial charge is 0.463 e. The second kappa shape index (κ2) is 48.7. The molecule has 0 saturated heterocycles. The van der Waals surface area contributed by atoms with Gasteiger partial charge in [-0.2, -0.15) is 0 Å². The van der Waals surface area contributed by atoms with Crippen molar-refractivity contribution in [3.63, 3.8) is 0 Å². The van der Waals surface area contributed by atoms with Gasteiger partial charge in [0.25, 0.3) is 0 Å². The third-order valence-corrected chi connectivity index (χ3v) is 12.8. The highest BCUT2D eigenvalue weighted by Gasteiger charge is 2.27. The highest BCUT2D eigenvalue weighted by Crippen LogP contribution is 2.43.